The van der Waals surface area contributed by atoms with Gasteiger partial charge in [-0.2, -0.15) is 0 Å². The molecule has 2 atom stereocenters. The fourth-order valence-corrected chi connectivity index (χ4v) is 2.11. The van der Waals surface area contributed by atoms with Gasteiger partial charge in [-0.25, -0.2) is 0 Å². The predicted octanol–water partition coefficient (Wildman–Crippen LogP) is -0.722. The van der Waals surface area contributed by atoms with Crippen LogP contribution in [-0.4, -0.2) is 65.8 Å². The van der Waals surface area contributed by atoms with Crippen molar-refractivity contribution in [3.63, 3.8) is 0 Å². The molecule has 0 heterocycles. The number of rotatable bonds is 13. The zero-order valence-electron chi connectivity index (χ0n) is 13.5. The van der Waals surface area contributed by atoms with E-state index in [-0.39, 0.29) is 11.9 Å². The van der Waals surface area contributed by atoms with Crippen molar-refractivity contribution in [2.24, 2.45) is 0 Å². The van der Waals surface area contributed by atoms with Crippen LogP contribution in [-0.2, 0) is 4.79 Å². The molecule has 0 aliphatic rings. The van der Waals surface area contributed by atoms with Gasteiger partial charge in [-0.1, -0.05) is 0 Å². The summed E-state index contributed by atoms with van der Waals surface area (Å²) in [5.41, 5.74) is 0. The molecule has 0 aromatic heterocycles. The summed E-state index contributed by atoms with van der Waals surface area (Å²) in [5, 5.41) is 15.6. The van der Waals surface area contributed by atoms with E-state index in [1.165, 1.54) is 0 Å². The highest BCUT2D eigenvalue weighted by atomic mass is 16.2. The number of amides is 1. The average Bonchev–Trinajstić information content (AvgIpc) is 2.47. The molecule has 5 N–H and O–H groups in total. The van der Waals surface area contributed by atoms with E-state index in [2.05, 4.69) is 26.6 Å². The first-order chi connectivity index (χ1) is 9.69. The van der Waals surface area contributed by atoms with Gasteiger partial charge < -0.3 is 26.6 Å². The second kappa shape index (κ2) is 13.3. The molecular formula is C14H33N5O. The van der Waals surface area contributed by atoms with Crippen LogP contribution in [0.3, 0.4) is 0 Å². The van der Waals surface area contributed by atoms with Gasteiger partial charge in [0.15, 0.2) is 0 Å². The van der Waals surface area contributed by atoms with Gasteiger partial charge in [0.05, 0.1) is 6.04 Å². The lowest BCUT2D eigenvalue weighted by Crippen LogP contribution is -2.47. The van der Waals surface area contributed by atoms with Crippen molar-refractivity contribution < 1.29 is 4.79 Å². The molecule has 6 nitrogen and oxygen atoms in total. The third-order valence-corrected chi connectivity index (χ3v) is 3.49. The molecule has 0 aliphatic heterocycles. The van der Waals surface area contributed by atoms with E-state index in [0.29, 0.717) is 12.6 Å². The van der Waals surface area contributed by atoms with Gasteiger partial charge in [0.1, 0.15) is 0 Å². The van der Waals surface area contributed by atoms with Crippen LogP contribution < -0.4 is 26.6 Å². The summed E-state index contributed by atoms with van der Waals surface area (Å²) in [6.45, 7) is 2.63. The van der Waals surface area contributed by atoms with Crippen molar-refractivity contribution in [1.82, 2.24) is 26.6 Å². The molecule has 6 heteroatoms. The number of nitrogens with one attached hydrogen (secondary N) is 5. The lowest BCUT2D eigenvalue weighted by molar-refractivity contribution is -0.123. The maximum Gasteiger partial charge on any atom is 0.237 e. The molecule has 0 rings (SSSR count). The van der Waals surface area contributed by atoms with Crippen molar-refractivity contribution in [3.05, 3.63) is 0 Å². The van der Waals surface area contributed by atoms with E-state index in [4.69, 9.17) is 0 Å². The highest BCUT2D eigenvalue weighted by molar-refractivity contribution is 5.81. The second-order valence-corrected chi connectivity index (χ2v) is 5.06. The summed E-state index contributed by atoms with van der Waals surface area (Å²) in [7, 11) is 7.67. The maximum atomic E-state index is 12.1. The normalized spacial score (nSPS) is 14.0. The topological polar surface area (TPSA) is 77.2 Å². The summed E-state index contributed by atoms with van der Waals surface area (Å²) < 4.78 is 0. The Morgan fingerprint density at radius 3 is 2.00 bits per heavy atom. The Labute approximate surface area is 123 Å². The molecular weight excluding hydrogens is 254 g/mol. The molecule has 0 aromatic rings. The Hall–Kier alpha value is -0.690. The van der Waals surface area contributed by atoms with Crippen LogP contribution in [0.4, 0.5) is 0 Å². The third kappa shape index (κ3) is 9.25. The summed E-state index contributed by atoms with van der Waals surface area (Å²) in [4.78, 5) is 12.1. The van der Waals surface area contributed by atoms with E-state index in [0.717, 1.165) is 38.8 Å². The minimum Gasteiger partial charge on any atom is -0.353 e. The van der Waals surface area contributed by atoms with E-state index >= 15 is 0 Å². The van der Waals surface area contributed by atoms with Gasteiger partial charge in [-0.05, 0) is 67.0 Å². The van der Waals surface area contributed by atoms with Gasteiger partial charge in [0.2, 0.25) is 5.91 Å². The smallest absolute Gasteiger partial charge is 0.237 e. The lowest BCUT2D eigenvalue weighted by Gasteiger charge is -2.20. The molecule has 0 saturated heterocycles. The Bertz CT molecular complexity index is 238. The number of hydrogen-bond donors (Lipinski definition) is 5. The molecule has 0 aliphatic carbocycles. The minimum atomic E-state index is -0.0989. The van der Waals surface area contributed by atoms with E-state index in [9.17, 15) is 4.79 Å². The van der Waals surface area contributed by atoms with E-state index in [1.807, 2.05) is 28.2 Å². The van der Waals surface area contributed by atoms with Crippen LogP contribution >= 0.6 is 0 Å². The number of carbonyl (C=O) groups excluding carboxylic acids is 1. The third-order valence-electron chi connectivity index (χ3n) is 3.49. The average molecular weight is 287 g/mol. The van der Waals surface area contributed by atoms with Crippen molar-refractivity contribution in [2.45, 2.75) is 37.8 Å². The fourth-order valence-electron chi connectivity index (χ4n) is 2.11. The Morgan fingerprint density at radius 1 is 0.900 bits per heavy atom. The van der Waals surface area contributed by atoms with Crippen LogP contribution in [0.1, 0.15) is 25.7 Å². The highest BCUT2D eigenvalue weighted by Crippen LogP contribution is 1.98. The van der Waals surface area contributed by atoms with E-state index < -0.39 is 0 Å². The largest absolute Gasteiger partial charge is 0.353 e. The molecule has 0 fully saturated rings. The van der Waals surface area contributed by atoms with Crippen molar-refractivity contribution in [3.8, 4) is 0 Å². The first-order valence-corrected chi connectivity index (χ1v) is 7.61. The number of hydrogen-bond acceptors (Lipinski definition) is 5. The molecule has 120 valence electrons. The molecule has 0 radical (unpaired) electrons. The van der Waals surface area contributed by atoms with Crippen LogP contribution in [0.15, 0.2) is 0 Å². The van der Waals surface area contributed by atoms with Crippen molar-refractivity contribution >= 4 is 5.91 Å². The molecule has 0 spiro atoms. The minimum absolute atomic E-state index is 0.0949. The number of carbonyl (C=O) groups is 1. The summed E-state index contributed by atoms with van der Waals surface area (Å²) in [5.74, 6) is 0.0949. The Kier molecular flexibility index (Phi) is 12.8. The van der Waals surface area contributed by atoms with Gasteiger partial charge in [-0.15, -0.1) is 0 Å². The van der Waals surface area contributed by atoms with E-state index in [1.54, 1.807) is 0 Å². The molecule has 1 amide bonds. The molecule has 20 heavy (non-hydrogen) atoms. The van der Waals surface area contributed by atoms with Crippen LogP contribution in [0, 0.1) is 0 Å². The SMILES string of the molecule is CNCCC[C@@H](CNC(=O)[C@H](CCCNC)NC)NC. The zero-order chi connectivity index (χ0) is 15.2. The van der Waals surface area contributed by atoms with Crippen molar-refractivity contribution in [2.75, 3.05) is 47.8 Å². The van der Waals surface area contributed by atoms with Gasteiger partial charge in [0, 0.05) is 12.6 Å². The van der Waals surface area contributed by atoms with Gasteiger partial charge in [0.25, 0.3) is 0 Å². The lowest BCUT2D eigenvalue weighted by atomic mass is 10.1. The van der Waals surface area contributed by atoms with Crippen LogP contribution in [0.25, 0.3) is 0 Å². The highest BCUT2D eigenvalue weighted by Gasteiger charge is 2.16. The monoisotopic (exact) mass is 287 g/mol. The number of likely N-dealkylation sites (N-methyl/N-ethyl adjacent to an activating group) is 2. The van der Waals surface area contributed by atoms with Gasteiger partial charge in [-0.3, -0.25) is 4.79 Å². The quantitative estimate of drug-likeness (QED) is 0.289. The second-order valence-electron chi connectivity index (χ2n) is 5.06. The summed E-state index contributed by atoms with van der Waals surface area (Å²) >= 11 is 0. The molecule has 0 aromatic carbocycles. The van der Waals surface area contributed by atoms with Crippen molar-refractivity contribution in [1.29, 1.82) is 0 Å². The first kappa shape index (κ1) is 19.3. The standard InChI is InChI=1S/C14H33N5O/c1-15-9-5-7-12(17-3)11-19-14(20)13(18-4)8-6-10-16-2/h12-13,15-18H,5-11H2,1-4H3,(H,19,20)/t12-,13-/m0/s1. The zero-order valence-corrected chi connectivity index (χ0v) is 13.5. The Morgan fingerprint density at radius 2 is 1.50 bits per heavy atom. The summed E-state index contributed by atoms with van der Waals surface area (Å²) in [6, 6.07) is 0.236. The maximum absolute atomic E-state index is 12.1. The van der Waals surface area contributed by atoms with Gasteiger partial charge >= 0.3 is 0 Å². The fraction of sp³-hybridized carbons (Fsp3) is 0.929. The molecule has 0 unspecified atom stereocenters. The molecule has 0 bridgehead atoms. The van der Waals surface area contributed by atoms with Crippen LogP contribution in [0.5, 0.6) is 0 Å². The summed E-state index contributed by atoms with van der Waals surface area (Å²) in [6.07, 6.45) is 4.01. The first-order valence-electron chi connectivity index (χ1n) is 7.61. The molecule has 0 saturated carbocycles. The Balaban J connectivity index is 3.95. The predicted molar refractivity (Wildman–Crippen MR) is 85.0 cm³/mol. The van der Waals surface area contributed by atoms with Crippen LogP contribution in [0.2, 0.25) is 0 Å².